The zero-order valence-corrected chi connectivity index (χ0v) is 6.81. The lowest BCUT2D eigenvalue weighted by Gasteiger charge is -2.02. The molecule has 0 aromatic heterocycles. The number of carbonyl (C=O) groups excluding carboxylic acids is 1. The topological polar surface area (TPSA) is 64.7 Å². The third-order valence-electron chi connectivity index (χ3n) is 1.71. The van der Waals surface area contributed by atoms with Crippen molar-refractivity contribution in [3.63, 3.8) is 0 Å². The Morgan fingerprint density at radius 2 is 2.00 bits per heavy atom. The lowest BCUT2D eigenvalue weighted by Crippen LogP contribution is -2.27. The maximum atomic E-state index is 10.9. The summed E-state index contributed by atoms with van der Waals surface area (Å²) in [6, 6.07) is 9.18. The third-order valence-corrected chi connectivity index (χ3v) is 1.71. The molecule has 1 amide bonds. The molecule has 0 aliphatic carbocycles. The minimum atomic E-state index is -0.935. The van der Waals surface area contributed by atoms with Crippen LogP contribution in [-0.4, -0.2) is 18.0 Å². The van der Waals surface area contributed by atoms with Crippen LogP contribution in [0.5, 0.6) is 0 Å². The molecule has 0 radical (unpaired) electrons. The number of hydrogen-bond acceptors (Lipinski definition) is 3. The first kappa shape index (κ1) is 7.94. The lowest BCUT2D eigenvalue weighted by molar-refractivity contribution is -0.122. The Morgan fingerprint density at radius 3 is 2.54 bits per heavy atom. The molecule has 0 bridgehead atoms. The first-order chi connectivity index (χ1) is 6.27. The third kappa shape index (κ3) is 1.43. The predicted molar refractivity (Wildman–Crippen MR) is 47.0 cm³/mol. The zero-order chi connectivity index (χ0) is 9.26. The van der Waals surface area contributed by atoms with Crippen LogP contribution >= 0.6 is 0 Å². The fourth-order valence-corrected chi connectivity index (χ4v) is 1.07. The molecule has 0 spiro atoms. The van der Waals surface area contributed by atoms with E-state index in [9.17, 15) is 4.79 Å². The second kappa shape index (κ2) is 2.99. The second-order valence-electron chi connectivity index (χ2n) is 2.66. The van der Waals surface area contributed by atoms with E-state index in [1.165, 1.54) is 0 Å². The van der Waals surface area contributed by atoms with E-state index in [0.717, 1.165) is 5.56 Å². The van der Waals surface area contributed by atoms with Crippen LogP contribution in [0.1, 0.15) is 5.56 Å². The van der Waals surface area contributed by atoms with Gasteiger partial charge in [0.25, 0.3) is 0 Å². The van der Waals surface area contributed by atoms with Gasteiger partial charge >= 0.3 is 5.91 Å². The normalized spacial score (nSPS) is 21.2. The van der Waals surface area contributed by atoms with Crippen LogP contribution in [0.3, 0.4) is 0 Å². The number of nitrogens with two attached hydrogens (primary N) is 1. The second-order valence-corrected chi connectivity index (χ2v) is 2.66. The molecule has 2 N–H and O–H groups in total. The highest BCUT2D eigenvalue weighted by Gasteiger charge is 2.25. The van der Waals surface area contributed by atoms with Crippen molar-refractivity contribution in [1.82, 2.24) is 0 Å². The van der Waals surface area contributed by atoms with Gasteiger partial charge in [0.2, 0.25) is 12.1 Å². The fourth-order valence-electron chi connectivity index (χ4n) is 1.07. The molecule has 1 aromatic rings. The minimum absolute atomic E-state index is 0.304. The molecule has 1 unspecified atom stereocenters. The van der Waals surface area contributed by atoms with E-state index in [1.807, 2.05) is 30.3 Å². The van der Waals surface area contributed by atoms with Gasteiger partial charge in [0.05, 0.1) is 0 Å². The molecule has 0 saturated heterocycles. The number of nitrogens with zero attached hydrogens (tertiary/aromatic N) is 1. The molecule has 1 atom stereocenters. The molecule has 1 aliphatic rings. The van der Waals surface area contributed by atoms with Crippen LogP contribution < -0.4 is 5.73 Å². The molecule has 4 nitrogen and oxygen atoms in total. The lowest BCUT2D eigenvalue weighted by atomic mass is 10.2. The van der Waals surface area contributed by atoms with E-state index in [0.29, 0.717) is 5.90 Å². The molecule has 0 saturated carbocycles. The van der Waals surface area contributed by atoms with Crippen LogP contribution in [-0.2, 0) is 9.53 Å². The Balaban J connectivity index is 2.30. The van der Waals surface area contributed by atoms with Crippen LogP contribution in [0.15, 0.2) is 35.3 Å². The summed E-state index contributed by atoms with van der Waals surface area (Å²) < 4.78 is 5.04. The van der Waals surface area contributed by atoms with Crippen LogP contribution in [0.25, 0.3) is 0 Å². The number of hydrogen-bond donors (Lipinski definition) is 1. The van der Waals surface area contributed by atoms with Gasteiger partial charge in [0.1, 0.15) is 0 Å². The number of carbonyl (C=O) groups is 1. The highest BCUT2D eigenvalue weighted by Crippen LogP contribution is 2.09. The minimum Gasteiger partial charge on any atom is -0.448 e. The van der Waals surface area contributed by atoms with Crippen LogP contribution in [0.2, 0.25) is 0 Å². The average molecular weight is 176 g/mol. The zero-order valence-electron chi connectivity index (χ0n) is 6.81. The number of rotatable bonds is 1. The van der Waals surface area contributed by atoms with Crippen molar-refractivity contribution in [2.45, 2.75) is 6.23 Å². The first-order valence-corrected chi connectivity index (χ1v) is 3.87. The van der Waals surface area contributed by atoms with Gasteiger partial charge in [-0.3, -0.25) is 10.5 Å². The Labute approximate surface area is 75.0 Å². The molecular weight excluding hydrogens is 168 g/mol. The van der Waals surface area contributed by atoms with Gasteiger partial charge in [0.15, 0.2) is 0 Å². The van der Waals surface area contributed by atoms with Crippen molar-refractivity contribution in [1.29, 1.82) is 0 Å². The molecular formula is C9H8N2O2. The smallest absolute Gasteiger partial charge is 0.305 e. The monoisotopic (exact) mass is 176 g/mol. The summed E-state index contributed by atoms with van der Waals surface area (Å²) in [5, 5.41) is 0. The predicted octanol–water partition coefficient (Wildman–Crippen LogP) is 0.275. The largest absolute Gasteiger partial charge is 0.448 e. The van der Waals surface area contributed by atoms with E-state index in [-0.39, 0.29) is 0 Å². The van der Waals surface area contributed by atoms with Crippen LogP contribution in [0, 0.1) is 0 Å². The SMILES string of the molecule is NC1OC(c2ccccc2)=NC1=O. The summed E-state index contributed by atoms with van der Waals surface area (Å²) >= 11 is 0. The maximum absolute atomic E-state index is 10.9. The van der Waals surface area contributed by atoms with E-state index in [1.54, 1.807) is 0 Å². The fraction of sp³-hybridized carbons (Fsp3) is 0.111. The Morgan fingerprint density at radius 1 is 1.31 bits per heavy atom. The molecule has 13 heavy (non-hydrogen) atoms. The van der Waals surface area contributed by atoms with Crippen molar-refractivity contribution in [3.05, 3.63) is 35.9 Å². The number of amides is 1. The van der Waals surface area contributed by atoms with E-state index < -0.39 is 12.1 Å². The molecule has 4 heteroatoms. The van der Waals surface area contributed by atoms with Gasteiger partial charge in [0, 0.05) is 5.56 Å². The van der Waals surface area contributed by atoms with Crippen molar-refractivity contribution in [2.75, 3.05) is 0 Å². The van der Waals surface area contributed by atoms with Gasteiger partial charge in [-0.15, -0.1) is 0 Å². The summed E-state index contributed by atoms with van der Waals surface area (Å²) in [5.74, 6) is -0.128. The molecule has 2 rings (SSSR count). The summed E-state index contributed by atoms with van der Waals surface area (Å²) in [7, 11) is 0. The molecule has 1 heterocycles. The summed E-state index contributed by atoms with van der Waals surface area (Å²) in [5.41, 5.74) is 6.09. The molecule has 1 aromatic carbocycles. The quantitative estimate of drug-likeness (QED) is 0.668. The number of ether oxygens (including phenoxy) is 1. The summed E-state index contributed by atoms with van der Waals surface area (Å²) in [6.07, 6.45) is -0.935. The first-order valence-electron chi connectivity index (χ1n) is 3.87. The molecule has 66 valence electrons. The van der Waals surface area contributed by atoms with Crippen LogP contribution in [0.4, 0.5) is 0 Å². The van der Waals surface area contributed by atoms with Crippen molar-refractivity contribution in [3.8, 4) is 0 Å². The Bertz CT molecular complexity index is 359. The molecule has 1 aliphatic heterocycles. The number of benzene rings is 1. The standard InChI is InChI=1S/C9H8N2O2/c10-7-8(12)11-9(13-7)6-4-2-1-3-5-6/h1-5,7H,10H2. The Kier molecular flexibility index (Phi) is 1.83. The van der Waals surface area contributed by atoms with Gasteiger partial charge < -0.3 is 4.74 Å². The van der Waals surface area contributed by atoms with E-state index >= 15 is 0 Å². The van der Waals surface area contributed by atoms with Gasteiger partial charge in [-0.2, -0.15) is 4.99 Å². The summed E-state index contributed by atoms with van der Waals surface area (Å²) in [6.45, 7) is 0. The van der Waals surface area contributed by atoms with E-state index in [2.05, 4.69) is 4.99 Å². The highest BCUT2D eigenvalue weighted by molar-refractivity contribution is 6.07. The summed E-state index contributed by atoms with van der Waals surface area (Å²) in [4.78, 5) is 14.6. The molecule has 0 fully saturated rings. The van der Waals surface area contributed by atoms with Crippen molar-refractivity contribution in [2.24, 2.45) is 10.7 Å². The van der Waals surface area contributed by atoms with Gasteiger partial charge in [-0.1, -0.05) is 18.2 Å². The van der Waals surface area contributed by atoms with E-state index in [4.69, 9.17) is 10.5 Å². The Hall–Kier alpha value is -1.68. The highest BCUT2D eigenvalue weighted by atomic mass is 16.5. The number of aliphatic imine (C=N–C) groups is 1. The average Bonchev–Trinajstić information content (AvgIpc) is 2.49. The van der Waals surface area contributed by atoms with Crippen molar-refractivity contribution >= 4 is 11.8 Å². The van der Waals surface area contributed by atoms with Gasteiger partial charge in [-0.05, 0) is 12.1 Å². The van der Waals surface area contributed by atoms with Gasteiger partial charge in [-0.25, -0.2) is 0 Å². The maximum Gasteiger partial charge on any atom is 0.305 e. The van der Waals surface area contributed by atoms with Crippen molar-refractivity contribution < 1.29 is 9.53 Å².